The van der Waals surface area contributed by atoms with Crippen molar-refractivity contribution in [3.63, 3.8) is 0 Å². The molecule has 7 heteroatoms. The van der Waals surface area contributed by atoms with Gasteiger partial charge in [-0.3, -0.25) is 9.39 Å². The Hall–Kier alpha value is -3.45. The van der Waals surface area contributed by atoms with Crippen LogP contribution in [0, 0.1) is 12.8 Å². The number of aliphatic imine (C=N–C) groups is 1. The first kappa shape index (κ1) is 35.5. The average molecular weight is 536 g/mol. The standard InChI is InChI=1S/C27H36N6.2C2H6.CH5N/c1-6-9-10-22-20(5)18-23(31-22)24-25-26(28)30-16-17-33(25)27(32-24)19(4)11-12-21(8-3)13-15-29-14-7-2;3*1-2/h6-7,9-10,14-19,21,31H,1,8,11-13H2,2-5H3,(H2,28,30);2*1-2H3;2H2,1H3/b10-9-,14-7-,29-15?;;;. The normalized spacial score (nSPS) is 12.5. The fourth-order valence-electron chi connectivity index (χ4n) is 4.12. The Morgan fingerprint density at radius 1 is 1.18 bits per heavy atom. The number of aromatic amines is 1. The van der Waals surface area contributed by atoms with Crippen LogP contribution in [0.5, 0.6) is 0 Å². The van der Waals surface area contributed by atoms with Gasteiger partial charge in [-0.1, -0.05) is 72.8 Å². The number of rotatable bonds is 11. The van der Waals surface area contributed by atoms with E-state index in [4.69, 9.17) is 10.7 Å². The molecule has 0 saturated heterocycles. The topological polar surface area (TPSA) is 110 Å². The second kappa shape index (κ2) is 20.5. The third kappa shape index (κ3) is 10.3. The largest absolute Gasteiger partial charge is 0.382 e. The fourth-order valence-corrected chi connectivity index (χ4v) is 4.12. The average Bonchev–Trinajstić information content (AvgIpc) is 3.55. The van der Waals surface area contributed by atoms with Gasteiger partial charge in [0, 0.05) is 36.4 Å². The van der Waals surface area contributed by atoms with Gasteiger partial charge in [0.05, 0.1) is 5.69 Å². The predicted molar refractivity (Wildman–Crippen MR) is 173 cm³/mol. The minimum absolute atomic E-state index is 0.283. The molecule has 3 aromatic heterocycles. The van der Waals surface area contributed by atoms with Gasteiger partial charge >= 0.3 is 0 Å². The molecule has 0 radical (unpaired) electrons. The van der Waals surface area contributed by atoms with E-state index in [1.807, 2.05) is 71.5 Å². The lowest BCUT2D eigenvalue weighted by Gasteiger charge is -2.16. The lowest BCUT2D eigenvalue weighted by atomic mass is 9.92. The van der Waals surface area contributed by atoms with E-state index in [0.29, 0.717) is 11.7 Å². The summed E-state index contributed by atoms with van der Waals surface area (Å²) < 4.78 is 2.10. The van der Waals surface area contributed by atoms with Gasteiger partial charge in [0.1, 0.15) is 22.9 Å². The predicted octanol–water partition coefficient (Wildman–Crippen LogP) is 8.35. The summed E-state index contributed by atoms with van der Waals surface area (Å²) in [6.45, 7) is 20.3. The minimum atomic E-state index is 0.283. The number of anilines is 1. The van der Waals surface area contributed by atoms with Gasteiger partial charge in [-0.2, -0.15) is 0 Å². The Morgan fingerprint density at radius 3 is 2.49 bits per heavy atom. The number of hydrogen-bond donors (Lipinski definition) is 3. The Morgan fingerprint density at radius 2 is 1.87 bits per heavy atom. The van der Waals surface area contributed by atoms with Crippen LogP contribution >= 0.6 is 0 Å². The van der Waals surface area contributed by atoms with E-state index in [2.05, 4.69) is 58.5 Å². The summed E-state index contributed by atoms with van der Waals surface area (Å²) in [6, 6.07) is 2.11. The van der Waals surface area contributed by atoms with Crippen molar-refractivity contribution < 1.29 is 0 Å². The van der Waals surface area contributed by atoms with E-state index in [1.165, 1.54) is 7.05 Å². The molecule has 0 aliphatic rings. The first-order valence-electron chi connectivity index (χ1n) is 14.3. The summed E-state index contributed by atoms with van der Waals surface area (Å²) >= 11 is 0. The van der Waals surface area contributed by atoms with Gasteiger partial charge in [0.15, 0.2) is 0 Å². The molecule has 0 aromatic carbocycles. The van der Waals surface area contributed by atoms with Crippen molar-refractivity contribution in [2.75, 3.05) is 12.8 Å². The van der Waals surface area contributed by atoms with Crippen LogP contribution in [0.1, 0.15) is 97.1 Å². The van der Waals surface area contributed by atoms with E-state index < -0.39 is 0 Å². The molecule has 3 rings (SSSR count). The molecule has 2 atom stereocenters. The summed E-state index contributed by atoms with van der Waals surface area (Å²) in [5.74, 6) is 2.40. The number of nitrogens with one attached hydrogen (secondary N) is 1. The second-order valence-corrected chi connectivity index (χ2v) is 8.53. The van der Waals surface area contributed by atoms with Gasteiger partial charge in [0.2, 0.25) is 0 Å². The summed E-state index contributed by atoms with van der Waals surface area (Å²) in [7, 11) is 1.50. The second-order valence-electron chi connectivity index (χ2n) is 8.53. The highest BCUT2D eigenvalue weighted by molar-refractivity contribution is 5.85. The fraction of sp³-hybridized carbons (Fsp3) is 0.469. The molecule has 0 amide bonds. The van der Waals surface area contributed by atoms with Gasteiger partial charge < -0.3 is 16.5 Å². The molecule has 0 aliphatic carbocycles. The van der Waals surface area contributed by atoms with Crippen LogP contribution in [0.15, 0.2) is 54.5 Å². The lowest BCUT2D eigenvalue weighted by Crippen LogP contribution is -2.06. The minimum Gasteiger partial charge on any atom is -0.382 e. The van der Waals surface area contributed by atoms with Crippen molar-refractivity contribution in [2.24, 2.45) is 16.6 Å². The third-order valence-electron chi connectivity index (χ3n) is 6.12. The number of aryl methyl sites for hydroxylation is 1. The molecule has 0 fully saturated rings. The number of hydrogen-bond acceptors (Lipinski definition) is 5. The highest BCUT2D eigenvalue weighted by Gasteiger charge is 2.21. The maximum atomic E-state index is 6.32. The van der Waals surface area contributed by atoms with E-state index >= 15 is 0 Å². The van der Waals surface area contributed by atoms with Crippen LogP contribution in [0.2, 0.25) is 0 Å². The van der Waals surface area contributed by atoms with E-state index in [1.54, 1.807) is 12.3 Å². The maximum Gasteiger partial charge on any atom is 0.150 e. The van der Waals surface area contributed by atoms with Crippen LogP contribution in [0.4, 0.5) is 5.82 Å². The molecule has 216 valence electrons. The maximum absolute atomic E-state index is 6.32. The molecule has 5 N–H and O–H groups in total. The van der Waals surface area contributed by atoms with E-state index in [-0.39, 0.29) is 5.92 Å². The summed E-state index contributed by atoms with van der Waals surface area (Å²) in [5, 5.41) is 0. The van der Waals surface area contributed by atoms with Crippen molar-refractivity contribution in [1.82, 2.24) is 19.4 Å². The number of nitrogens with two attached hydrogens (primary N) is 2. The molecular weight excluding hydrogens is 482 g/mol. The summed E-state index contributed by atoms with van der Waals surface area (Å²) in [6.07, 6.45) is 19.5. The van der Waals surface area contributed by atoms with Crippen LogP contribution in [-0.4, -0.2) is 32.6 Å². The number of allylic oxidation sites excluding steroid dienone is 3. The number of H-pyrrole nitrogens is 1. The number of aromatic nitrogens is 4. The molecule has 0 spiro atoms. The molecular formula is C32H53N7. The van der Waals surface area contributed by atoms with Crippen molar-refractivity contribution in [1.29, 1.82) is 0 Å². The number of nitrogen functional groups attached to an aromatic ring is 1. The smallest absolute Gasteiger partial charge is 0.150 e. The Labute approximate surface area is 237 Å². The Bertz CT molecular complexity index is 1160. The van der Waals surface area contributed by atoms with Crippen LogP contribution in [-0.2, 0) is 0 Å². The van der Waals surface area contributed by atoms with Crippen molar-refractivity contribution in [3.05, 3.63) is 66.5 Å². The first-order chi connectivity index (χ1) is 19.0. The van der Waals surface area contributed by atoms with Crippen LogP contribution in [0.3, 0.4) is 0 Å². The SMILES string of the molecule is C=C/C=C\c1[nH]c(-c2nc(C(C)CCC(CC)CC=N/C=C\C)n3ccnc(N)c23)cc1C.CC.CC.CN. The van der Waals surface area contributed by atoms with Crippen molar-refractivity contribution in [3.8, 4) is 11.4 Å². The van der Waals surface area contributed by atoms with E-state index in [0.717, 1.165) is 59.7 Å². The zero-order valence-electron chi connectivity index (χ0n) is 25.8. The molecule has 3 heterocycles. The number of nitrogens with zero attached hydrogens (tertiary/aromatic N) is 4. The first-order valence-corrected chi connectivity index (χ1v) is 14.3. The van der Waals surface area contributed by atoms with Crippen molar-refractivity contribution in [2.45, 2.75) is 87.0 Å². The molecule has 7 nitrogen and oxygen atoms in total. The Balaban J connectivity index is 0.00000225. The zero-order valence-corrected chi connectivity index (χ0v) is 25.8. The molecule has 39 heavy (non-hydrogen) atoms. The Kier molecular flexibility index (Phi) is 18.7. The lowest BCUT2D eigenvalue weighted by molar-refractivity contribution is 0.444. The monoisotopic (exact) mass is 535 g/mol. The molecule has 3 aromatic rings. The highest BCUT2D eigenvalue weighted by Crippen LogP contribution is 2.33. The zero-order chi connectivity index (χ0) is 29.8. The third-order valence-corrected chi connectivity index (χ3v) is 6.12. The summed E-state index contributed by atoms with van der Waals surface area (Å²) in [4.78, 5) is 17.2. The van der Waals surface area contributed by atoms with Crippen LogP contribution < -0.4 is 11.5 Å². The molecule has 0 saturated carbocycles. The number of imidazole rings is 1. The van der Waals surface area contributed by atoms with Crippen molar-refractivity contribution >= 4 is 23.6 Å². The van der Waals surface area contributed by atoms with Gasteiger partial charge in [0.25, 0.3) is 0 Å². The van der Waals surface area contributed by atoms with Gasteiger partial charge in [-0.25, -0.2) is 9.97 Å². The molecule has 0 aliphatic heterocycles. The molecule has 0 bridgehead atoms. The highest BCUT2D eigenvalue weighted by atomic mass is 15.1. The van der Waals surface area contributed by atoms with Gasteiger partial charge in [-0.15, -0.1) is 0 Å². The van der Waals surface area contributed by atoms with Gasteiger partial charge in [-0.05, 0) is 63.8 Å². The quantitative estimate of drug-likeness (QED) is 0.169. The molecule has 2 unspecified atom stereocenters. The van der Waals surface area contributed by atoms with E-state index in [9.17, 15) is 0 Å². The number of fused-ring (bicyclic) bond motifs is 1. The van der Waals surface area contributed by atoms with Crippen LogP contribution in [0.25, 0.3) is 23.0 Å². The summed E-state index contributed by atoms with van der Waals surface area (Å²) in [5.41, 5.74) is 15.6.